The van der Waals surface area contributed by atoms with Gasteiger partial charge in [-0.2, -0.15) is 5.10 Å². The minimum Gasteiger partial charge on any atom is -0.495 e. The van der Waals surface area contributed by atoms with Crippen LogP contribution in [0.1, 0.15) is 29.9 Å². The zero-order valence-electron chi connectivity index (χ0n) is 17.4. The maximum Gasteiger partial charge on any atom is 0.181 e. The van der Waals surface area contributed by atoms with E-state index in [1.165, 1.54) is 12.1 Å². The Morgan fingerprint density at radius 3 is 2.71 bits per heavy atom. The van der Waals surface area contributed by atoms with Crippen LogP contribution in [0.2, 0.25) is 0 Å². The van der Waals surface area contributed by atoms with Crippen LogP contribution in [0.25, 0.3) is 28.7 Å². The van der Waals surface area contributed by atoms with Crippen molar-refractivity contribution in [2.45, 2.75) is 26.3 Å². The summed E-state index contributed by atoms with van der Waals surface area (Å²) >= 11 is 0. The monoisotopic (exact) mass is 415 g/mol. The highest BCUT2D eigenvalue weighted by Crippen LogP contribution is 2.31. The summed E-state index contributed by atoms with van der Waals surface area (Å²) in [5.74, 6) is 1.98. The van der Waals surface area contributed by atoms with Crippen LogP contribution in [-0.4, -0.2) is 31.4 Å². The Morgan fingerprint density at radius 1 is 1.13 bits per heavy atom. The number of imidazole rings is 1. The molecule has 0 aliphatic carbocycles. The van der Waals surface area contributed by atoms with Gasteiger partial charge in [0.25, 0.3) is 0 Å². The van der Waals surface area contributed by atoms with Crippen LogP contribution in [0.15, 0.2) is 55.0 Å². The molecule has 1 aliphatic heterocycles. The molecule has 3 heterocycles. The van der Waals surface area contributed by atoms with E-state index < -0.39 is 0 Å². The quantitative estimate of drug-likeness (QED) is 0.475. The summed E-state index contributed by atoms with van der Waals surface area (Å²) in [6, 6.07) is 12.4. The number of aryl methyl sites for hydroxylation is 2. The number of hydrogen-bond acceptors (Lipinski definition) is 4. The number of ether oxygens (including phenoxy) is 1. The second-order valence-electron chi connectivity index (χ2n) is 7.62. The minimum absolute atomic E-state index is 0.267. The first kappa shape index (κ1) is 19.2. The molecular weight excluding hydrogens is 393 g/mol. The van der Waals surface area contributed by atoms with Crippen molar-refractivity contribution in [1.29, 1.82) is 0 Å². The van der Waals surface area contributed by atoms with Crippen LogP contribution >= 0.6 is 0 Å². The Balaban J connectivity index is 1.50. The van der Waals surface area contributed by atoms with Gasteiger partial charge in [-0.05, 0) is 73.4 Å². The van der Waals surface area contributed by atoms with E-state index in [2.05, 4.69) is 22.2 Å². The molecule has 0 saturated heterocycles. The van der Waals surface area contributed by atoms with Gasteiger partial charge in [-0.25, -0.2) is 19.0 Å². The van der Waals surface area contributed by atoms with E-state index in [9.17, 15) is 4.39 Å². The molecule has 0 saturated carbocycles. The topological polar surface area (TPSA) is 57.8 Å². The molecule has 0 spiro atoms. The molecule has 7 heteroatoms. The first-order chi connectivity index (χ1) is 15.1. The molecule has 0 N–H and O–H groups in total. The molecule has 6 nitrogen and oxygen atoms in total. The molecular formula is C24H22FN5O. The number of methoxy groups -OCH3 is 1. The van der Waals surface area contributed by atoms with Gasteiger partial charge in [0.2, 0.25) is 0 Å². The van der Waals surface area contributed by atoms with Crippen molar-refractivity contribution in [3.8, 4) is 22.8 Å². The van der Waals surface area contributed by atoms with Crippen LogP contribution in [0.5, 0.6) is 5.75 Å². The molecule has 0 unspecified atom stereocenters. The molecule has 31 heavy (non-hydrogen) atoms. The smallest absolute Gasteiger partial charge is 0.181 e. The van der Waals surface area contributed by atoms with Crippen LogP contribution in [-0.2, 0) is 6.54 Å². The summed E-state index contributed by atoms with van der Waals surface area (Å²) in [5.41, 5.74) is 4.86. The average Bonchev–Trinajstić information content (AvgIpc) is 3.41. The van der Waals surface area contributed by atoms with Crippen molar-refractivity contribution in [3.05, 3.63) is 77.9 Å². The fourth-order valence-electron chi connectivity index (χ4n) is 3.88. The lowest BCUT2D eigenvalue weighted by atomic mass is 10.0. The van der Waals surface area contributed by atoms with Gasteiger partial charge >= 0.3 is 0 Å². The highest BCUT2D eigenvalue weighted by Gasteiger charge is 2.20. The third kappa shape index (κ3) is 3.74. The zero-order chi connectivity index (χ0) is 21.4. The summed E-state index contributed by atoms with van der Waals surface area (Å²) in [6.45, 7) is 2.78. The molecule has 0 fully saturated rings. The molecule has 0 bridgehead atoms. The van der Waals surface area contributed by atoms with Crippen LogP contribution < -0.4 is 4.74 Å². The van der Waals surface area contributed by atoms with E-state index >= 15 is 0 Å². The first-order valence-electron chi connectivity index (χ1n) is 10.2. The van der Waals surface area contributed by atoms with Gasteiger partial charge in [0.1, 0.15) is 11.6 Å². The van der Waals surface area contributed by atoms with Crippen molar-refractivity contribution in [2.24, 2.45) is 0 Å². The molecule has 5 rings (SSSR count). The van der Waals surface area contributed by atoms with Gasteiger partial charge in [-0.3, -0.25) is 0 Å². The van der Waals surface area contributed by atoms with Crippen molar-refractivity contribution in [3.63, 3.8) is 0 Å². The second kappa shape index (κ2) is 7.83. The minimum atomic E-state index is -0.267. The van der Waals surface area contributed by atoms with Gasteiger partial charge in [0.15, 0.2) is 11.6 Å². The molecule has 4 aromatic rings. The third-order valence-electron chi connectivity index (χ3n) is 5.41. The first-order valence-corrected chi connectivity index (χ1v) is 10.2. The molecule has 0 amide bonds. The van der Waals surface area contributed by atoms with Crippen molar-refractivity contribution >= 4 is 11.6 Å². The Hall–Kier alpha value is -3.74. The number of fused-ring (bicyclic) bond motifs is 1. The molecule has 0 radical (unpaired) electrons. The summed E-state index contributed by atoms with van der Waals surface area (Å²) in [4.78, 5) is 9.05. The molecule has 156 valence electrons. The van der Waals surface area contributed by atoms with E-state index in [1.807, 2.05) is 34.5 Å². The van der Waals surface area contributed by atoms with Crippen LogP contribution in [0.4, 0.5) is 4.39 Å². The van der Waals surface area contributed by atoms with Gasteiger partial charge < -0.3 is 9.30 Å². The van der Waals surface area contributed by atoms with Gasteiger partial charge in [0, 0.05) is 18.3 Å². The van der Waals surface area contributed by atoms with Crippen molar-refractivity contribution in [2.75, 3.05) is 7.11 Å². The fraction of sp³-hybridized carbons (Fsp3) is 0.208. The number of nitrogens with zero attached hydrogens (tertiary/aromatic N) is 5. The summed E-state index contributed by atoms with van der Waals surface area (Å²) < 4.78 is 22.8. The largest absolute Gasteiger partial charge is 0.495 e. The lowest BCUT2D eigenvalue weighted by Crippen LogP contribution is -2.11. The Morgan fingerprint density at radius 2 is 1.97 bits per heavy atom. The predicted octanol–water partition coefficient (Wildman–Crippen LogP) is 4.92. The van der Waals surface area contributed by atoms with E-state index in [0.29, 0.717) is 5.82 Å². The van der Waals surface area contributed by atoms with Crippen molar-refractivity contribution in [1.82, 2.24) is 24.3 Å². The van der Waals surface area contributed by atoms with E-state index in [-0.39, 0.29) is 5.82 Å². The van der Waals surface area contributed by atoms with Crippen LogP contribution in [0, 0.1) is 12.7 Å². The number of halogens is 1. The maximum absolute atomic E-state index is 13.3. The Bertz CT molecular complexity index is 1270. The van der Waals surface area contributed by atoms with Gasteiger partial charge in [0.05, 0.1) is 24.8 Å². The number of allylic oxidation sites excluding steroid dienone is 1. The van der Waals surface area contributed by atoms with Crippen LogP contribution in [0.3, 0.4) is 0 Å². The van der Waals surface area contributed by atoms with E-state index in [4.69, 9.17) is 9.72 Å². The fourth-order valence-corrected chi connectivity index (χ4v) is 3.88. The summed E-state index contributed by atoms with van der Waals surface area (Å²) in [7, 11) is 1.67. The third-order valence-corrected chi connectivity index (χ3v) is 5.41. The lowest BCUT2D eigenvalue weighted by Gasteiger charge is -2.15. The summed E-state index contributed by atoms with van der Waals surface area (Å²) in [6.07, 6.45) is 7.81. The maximum atomic E-state index is 13.3. The van der Waals surface area contributed by atoms with E-state index in [0.717, 1.165) is 59.0 Å². The average molecular weight is 415 g/mol. The van der Waals surface area contributed by atoms with E-state index in [1.54, 1.807) is 25.6 Å². The number of benzene rings is 2. The number of aromatic nitrogens is 5. The predicted molar refractivity (Wildman–Crippen MR) is 117 cm³/mol. The standard InChI is InChI=1S/C24H22FN5O/c1-16-14-29(15-26-16)21-10-5-17(13-22(21)31-2)12-19-4-3-11-30-24(19)27-23(28-30)18-6-8-20(25)9-7-18/h5-10,12-15H,3-4,11H2,1-2H3/b19-12+. The normalized spacial score (nSPS) is 14.6. The highest BCUT2D eigenvalue weighted by atomic mass is 19.1. The zero-order valence-corrected chi connectivity index (χ0v) is 17.4. The number of hydrogen-bond donors (Lipinski definition) is 0. The molecule has 2 aromatic carbocycles. The van der Waals surface area contributed by atoms with Crippen molar-refractivity contribution < 1.29 is 9.13 Å². The lowest BCUT2D eigenvalue weighted by molar-refractivity contribution is 0.413. The highest BCUT2D eigenvalue weighted by molar-refractivity contribution is 5.80. The van der Waals surface area contributed by atoms with Gasteiger partial charge in [-0.15, -0.1) is 0 Å². The SMILES string of the molecule is COc1cc(/C=C2\CCCn3nc(-c4ccc(F)cc4)nc32)ccc1-n1cnc(C)c1. The Kier molecular flexibility index (Phi) is 4.86. The Labute approximate surface area is 179 Å². The molecule has 1 aliphatic rings. The van der Waals surface area contributed by atoms with Gasteiger partial charge in [-0.1, -0.05) is 6.07 Å². The molecule has 0 atom stereocenters. The molecule has 2 aromatic heterocycles. The second-order valence-corrected chi connectivity index (χ2v) is 7.62. The summed E-state index contributed by atoms with van der Waals surface area (Å²) in [5, 5.41) is 4.64. The number of rotatable bonds is 4.